The molecule has 0 fully saturated rings. The largest absolute Gasteiger partial charge is 0.502 e. The number of aryl methyl sites for hydroxylation is 1. The van der Waals surface area contributed by atoms with E-state index in [1.807, 2.05) is 51.1 Å². The van der Waals surface area contributed by atoms with Gasteiger partial charge in [-0.15, -0.1) is 0 Å². The maximum absolute atomic E-state index is 13.5. The number of para-hydroxylation sites is 1. The van der Waals surface area contributed by atoms with Crippen molar-refractivity contribution in [2.75, 3.05) is 5.32 Å². The molecule has 9 heteroatoms. The summed E-state index contributed by atoms with van der Waals surface area (Å²) in [5.74, 6) is -0.642. The van der Waals surface area contributed by atoms with Gasteiger partial charge in [0, 0.05) is 45.8 Å². The molecule has 0 spiro atoms. The first-order valence-electron chi connectivity index (χ1n) is 10.9. The molecular formula is C25H23ClN4O4. The van der Waals surface area contributed by atoms with Crippen molar-refractivity contribution < 1.29 is 14.8 Å². The number of phenols is 1. The highest BCUT2D eigenvalue weighted by atomic mass is 35.5. The van der Waals surface area contributed by atoms with Crippen LogP contribution in [0.25, 0.3) is 5.69 Å². The van der Waals surface area contributed by atoms with Crippen LogP contribution in [0.1, 0.15) is 49.4 Å². The van der Waals surface area contributed by atoms with Gasteiger partial charge < -0.3 is 10.4 Å². The van der Waals surface area contributed by atoms with E-state index < -0.39 is 22.3 Å². The smallest absolute Gasteiger partial charge is 0.312 e. The summed E-state index contributed by atoms with van der Waals surface area (Å²) in [5.41, 5.74) is 2.84. The molecule has 1 aromatic heterocycles. The van der Waals surface area contributed by atoms with Crippen LogP contribution in [0.2, 0.25) is 5.02 Å². The third-order valence-corrected chi connectivity index (χ3v) is 6.68. The maximum atomic E-state index is 13.5. The number of carbonyl (C=O) groups is 1. The van der Waals surface area contributed by atoms with E-state index in [1.165, 1.54) is 6.07 Å². The molecule has 2 N–H and O–H groups in total. The van der Waals surface area contributed by atoms with Crippen molar-refractivity contribution in [2.24, 2.45) is 5.41 Å². The van der Waals surface area contributed by atoms with Gasteiger partial charge in [-0.05, 0) is 37.0 Å². The fourth-order valence-electron chi connectivity index (χ4n) is 5.11. The number of hydrogen-bond donors (Lipinski definition) is 2. The number of nitrogens with zero attached hydrogens (tertiary/aromatic N) is 3. The van der Waals surface area contributed by atoms with Crippen LogP contribution < -0.4 is 5.32 Å². The van der Waals surface area contributed by atoms with Gasteiger partial charge in [0.15, 0.2) is 11.5 Å². The third kappa shape index (κ3) is 3.45. The number of anilines is 1. The SMILES string of the molecule is Cc1nn(-c2ccccc2)c2c1[C@@H](c1cc(Cl)cc([N+](=O)[O-])c1O)C1=C(CC(C)(C)CC1=O)N2. The van der Waals surface area contributed by atoms with Gasteiger partial charge in [-0.1, -0.05) is 43.6 Å². The molecular weight excluding hydrogens is 456 g/mol. The van der Waals surface area contributed by atoms with Crippen molar-refractivity contribution in [3.05, 3.63) is 85.7 Å². The first-order valence-corrected chi connectivity index (χ1v) is 11.3. The Morgan fingerprint density at radius 2 is 1.94 bits per heavy atom. The van der Waals surface area contributed by atoms with Gasteiger partial charge in [-0.2, -0.15) is 5.10 Å². The number of rotatable bonds is 3. The van der Waals surface area contributed by atoms with E-state index in [2.05, 4.69) is 5.32 Å². The van der Waals surface area contributed by atoms with Crippen LogP contribution in [0.15, 0.2) is 53.7 Å². The number of halogens is 1. The Hall–Kier alpha value is -3.65. The zero-order chi connectivity index (χ0) is 24.4. The molecule has 2 aliphatic rings. The Morgan fingerprint density at radius 1 is 1.24 bits per heavy atom. The summed E-state index contributed by atoms with van der Waals surface area (Å²) in [4.78, 5) is 24.4. The molecule has 34 heavy (non-hydrogen) atoms. The highest BCUT2D eigenvalue weighted by Gasteiger charge is 2.44. The number of aromatic hydroxyl groups is 1. The quantitative estimate of drug-likeness (QED) is 0.372. The van der Waals surface area contributed by atoms with Gasteiger partial charge in [0.1, 0.15) is 5.82 Å². The zero-order valence-electron chi connectivity index (χ0n) is 18.9. The molecule has 0 unspecified atom stereocenters. The second kappa shape index (κ2) is 7.70. The molecule has 0 radical (unpaired) electrons. The number of Topliss-reactive ketones (excluding diaryl/α,β-unsaturated/α-hetero) is 1. The molecule has 1 aliphatic heterocycles. The number of phenolic OH excluding ortho intramolecular Hbond substituents is 1. The Labute approximate surface area is 201 Å². The molecule has 0 bridgehead atoms. The maximum Gasteiger partial charge on any atom is 0.312 e. The number of allylic oxidation sites excluding steroid dienone is 2. The lowest BCUT2D eigenvalue weighted by atomic mass is 9.69. The van der Waals surface area contributed by atoms with Crippen molar-refractivity contribution in [1.82, 2.24) is 9.78 Å². The van der Waals surface area contributed by atoms with E-state index in [9.17, 15) is 20.0 Å². The van der Waals surface area contributed by atoms with E-state index >= 15 is 0 Å². The minimum absolute atomic E-state index is 0.0664. The fourth-order valence-corrected chi connectivity index (χ4v) is 5.33. The standard InChI is InChI=1S/C25H23ClN4O4/c1-13-20-21(16-9-14(26)10-18(23(16)32)30(33)34)22-17(11-25(2,3)12-19(22)31)27-24(20)29(28-13)15-7-5-4-6-8-15/h4-10,21,27,32H,11-12H2,1-3H3/t21-/m1/s1. The molecule has 174 valence electrons. The average Bonchev–Trinajstić information content (AvgIpc) is 3.09. The predicted octanol–water partition coefficient (Wildman–Crippen LogP) is 5.65. The summed E-state index contributed by atoms with van der Waals surface area (Å²) in [5, 5.41) is 30.9. The van der Waals surface area contributed by atoms with Crippen molar-refractivity contribution in [3.8, 4) is 11.4 Å². The first kappa shape index (κ1) is 22.2. The molecule has 0 saturated heterocycles. The number of ketones is 1. The van der Waals surface area contributed by atoms with Crippen molar-refractivity contribution in [1.29, 1.82) is 0 Å². The number of benzene rings is 2. The van der Waals surface area contributed by atoms with Crippen molar-refractivity contribution >= 4 is 28.9 Å². The second-order valence-corrected chi connectivity index (χ2v) is 10.0. The molecule has 2 aromatic carbocycles. The number of nitro groups is 1. The minimum Gasteiger partial charge on any atom is -0.502 e. The third-order valence-electron chi connectivity index (χ3n) is 6.47. The Kier molecular flexibility index (Phi) is 5.02. The normalized spacial score (nSPS) is 18.8. The zero-order valence-corrected chi connectivity index (χ0v) is 19.7. The lowest BCUT2D eigenvalue weighted by molar-refractivity contribution is -0.385. The number of carbonyl (C=O) groups excluding carboxylic acids is 1. The Bertz CT molecular complexity index is 1390. The lowest BCUT2D eigenvalue weighted by Gasteiger charge is -2.38. The van der Waals surface area contributed by atoms with Crippen LogP contribution in [-0.2, 0) is 4.79 Å². The molecule has 3 aromatic rings. The minimum atomic E-state index is -0.746. The predicted molar refractivity (Wildman–Crippen MR) is 129 cm³/mol. The molecule has 0 amide bonds. The Balaban J connectivity index is 1.82. The van der Waals surface area contributed by atoms with Crippen molar-refractivity contribution in [2.45, 2.75) is 39.5 Å². The first-order chi connectivity index (χ1) is 16.1. The summed E-state index contributed by atoms with van der Waals surface area (Å²) >= 11 is 6.26. The van der Waals surface area contributed by atoms with E-state index in [4.69, 9.17) is 16.7 Å². The number of nitrogens with one attached hydrogen (secondary N) is 1. The molecule has 0 saturated carbocycles. The number of fused-ring (bicyclic) bond motifs is 1. The number of hydrogen-bond acceptors (Lipinski definition) is 6. The highest BCUT2D eigenvalue weighted by molar-refractivity contribution is 6.31. The monoisotopic (exact) mass is 478 g/mol. The van der Waals surface area contributed by atoms with Crippen LogP contribution in [0.4, 0.5) is 11.5 Å². The fraction of sp³-hybridized carbons (Fsp3) is 0.280. The summed E-state index contributed by atoms with van der Waals surface area (Å²) < 4.78 is 1.77. The summed E-state index contributed by atoms with van der Waals surface area (Å²) in [6, 6.07) is 12.2. The van der Waals surface area contributed by atoms with Crippen LogP contribution in [0.3, 0.4) is 0 Å². The van der Waals surface area contributed by atoms with Crippen LogP contribution in [0, 0.1) is 22.5 Å². The number of aromatic nitrogens is 2. The van der Waals surface area contributed by atoms with Gasteiger partial charge in [0.25, 0.3) is 0 Å². The molecule has 2 heterocycles. The topological polar surface area (TPSA) is 110 Å². The van der Waals surface area contributed by atoms with Crippen LogP contribution in [-0.4, -0.2) is 25.6 Å². The van der Waals surface area contributed by atoms with Gasteiger partial charge in [0.2, 0.25) is 0 Å². The van der Waals surface area contributed by atoms with E-state index in [0.717, 1.165) is 17.5 Å². The van der Waals surface area contributed by atoms with Gasteiger partial charge >= 0.3 is 5.69 Å². The van der Waals surface area contributed by atoms with Crippen molar-refractivity contribution in [3.63, 3.8) is 0 Å². The van der Waals surface area contributed by atoms with E-state index in [0.29, 0.717) is 35.5 Å². The van der Waals surface area contributed by atoms with Gasteiger partial charge in [0.05, 0.1) is 16.3 Å². The summed E-state index contributed by atoms with van der Waals surface area (Å²) in [6.45, 7) is 5.89. The molecule has 8 nitrogen and oxygen atoms in total. The van der Waals surface area contributed by atoms with Gasteiger partial charge in [-0.25, -0.2) is 4.68 Å². The molecule has 5 rings (SSSR count). The number of nitro benzene ring substituents is 1. The van der Waals surface area contributed by atoms with E-state index in [-0.39, 0.29) is 21.8 Å². The van der Waals surface area contributed by atoms with Gasteiger partial charge in [-0.3, -0.25) is 14.9 Å². The second-order valence-electron chi connectivity index (χ2n) is 9.61. The highest BCUT2D eigenvalue weighted by Crippen LogP contribution is 2.53. The van der Waals surface area contributed by atoms with Crippen LogP contribution in [0.5, 0.6) is 5.75 Å². The lowest BCUT2D eigenvalue weighted by Crippen LogP contribution is -2.34. The van der Waals surface area contributed by atoms with Crippen LogP contribution >= 0.6 is 11.6 Å². The Morgan fingerprint density at radius 3 is 2.62 bits per heavy atom. The summed E-state index contributed by atoms with van der Waals surface area (Å²) in [7, 11) is 0. The summed E-state index contributed by atoms with van der Waals surface area (Å²) in [6.07, 6.45) is 0.932. The molecule has 1 aliphatic carbocycles. The molecule has 1 atom stereocenters. The van der Waals surface area contributed by atoms with E-state index in [1.54, 1.807) is 4.68 Å². The average molecular weight is 479 g/mol.